The van der Waals surface area contributed by atoms with Gasteiger partial charge in [-0.1, -0.05) is 18.2 Å². The molecule has 7 heteroatoms. The van der Waals surface area contributed by atoms with Gasteiger partial charge in [-0.25, -0.2) is 4.68 Å². The number of amides is 1. The average Bonchev–Trinajstić information content (AvgIpc) is 3.25. The van der Waals surface area contributed by atoms with E-state index in [9.17, 15) is 4.79 Å². The second-order valence-corrected chi connectivity index (χ2v) is 5.97. The Hall–Kier alpha value is -2.93. The Morgan fingerprint density at radius 3 is 2.76 bits per heavy atom. The SMILES string of the molecule is Cc1n[nH]c(C)c1NC(=O)CN[C@H](C)c1ccccc1-n1cccn1. The Balaban J connectivity index is 1.65. The molecule has 130 valence electrons. The van der Waals surface area contributed by atoms with Gasteiger partial charge in [-0.2, -0.15) is 10.2 Å². The molecule has 0 aliphatic carbocycles. The van der Waals surface area contributed by atoms with E-state index in [-0.39, 0.29) is 18.5 Å². The standard InChI is InChI=1S/C18H22N6O/c1-12(15-7-4-5-8-16(15)24-10-6-9-20-24)19-11-17(25)21-18-13(2)22-23-14(18)3/h4-10,12,19H,11H2,1-3H3,(H,21,25)(H,22,23)/t12-/m1/s1. The predicted molar refractivity (Wildman–Crippen MR) is 96.7 cm³/mol. The van der Waals surface area contributed by atoms with Gasteiger partial charge in [0.25, 0.3) is 0 Å². The van der Waals surface area contributed by atoms with Crippen molar-refractivity contribution in [1.29, 1.82) is 0 Å². The second-order valence-electron chi connectivity index (χ2n) is 5.97. The van der Waals surface area contributed by atoms with Crippen molar-refractivity contribution in [2.75, 3.05) is 11.9 Å². The fourth-order valence-electron chi connectivity index (χ4n) is 2.75. The Morgan fingerprint density at radius 2 is 2.08 bits per heavy atom. The summed E-state index contributed by atoms with van der Waals surface area (Å²) in [5.74, 6) is -0.101. The highest BCUT2D eigenvalue weighted by atomic mass is 16.1. The summed E-state index contributed by atoms with van der Waals surface area (Å²) in [5.41, 5.74) is 4.45. The monoisotopic (exact) mass is 338 g/mol. The zero-order chi connectivity index (χ0) is 17.8. The van der Waals surface area contributed by atoms with E-state index in [1.165, 1.54) is 0 Å². The number of hydrogen-bond acceptors (Lipinski definition) is 4. The van der Waals surface area contributed by atoms with E-state index >= 15 is 0 Å². The molecule has 1 aromatic carbocycles. The van der Waals surface area contributed by atoms with Crippen molar-refractivity contribution in [2.24, 2.45) is 0 Å². The summed E-state index contributed by atoms with van der Waals surface area (Å²) < 4.78 is 1.83. The summed E-state index contributed by atoms with van der Waals surface area (Å²) >= 11 is 0. The number of anilines is 1. The molecule has 2 heterocycles. The molecular formula is C18H22N6O. The van der Waals surface area contributed by atoms with E-state index in [2.05, 4.69) is 25.9 Å². The summed E-state index contributed by atoms with van der Waals surface area (Å²) in [7, 11) is 0. The molecule has 3 rings (SSSR count). The first-order valence-corrected chi connectivity index (χ1v) is 8.20. The zero-order valence-electron chi connectivity index (χ0n) is 14.6. The summed E-state index contributed by atoms with van der Waals surface area (Å²) in [6.45, 7) is 5.98. The largest absolute Gasteiger partial charge is 0.322 e. The van der Waals surface area contributed by atoms with E-state index in [1.54, 1.807) is 6.20 Å². The van der Waals surface area contributed by atoms with Crippen molar-refractivity contribution < 1.29 is 4.79 Å². The Kier molecular flexibility index (Phi) is 4.95. The topological polar surface area (TPSA) is 87.6 Å². The van der Waals surface area contributed by atoms with Crippen molar-refractivity contribution in [3.63, 3.8) is 0 Å². The third-order valence-electron chi connectivity index (χ3n) is 4.12. The number of H-pyrrole nitrogens is 1. The third-order valence-corrected chi connectivity index (χ3v) is 4.12. The van der Waals surface area contributed by atoms with E-state index in [0.29, 0.717) is 0 Å². The number of para-hydroxylation sites is 1. The van der Waals surface area contributed by atoms with Crippen LogP contribution in [-0.2, 0) is 4.79 Å². The van der Waals surface area contributed by atoms with Gasteiger partial charge in [-0.05, 0) is 38.5 Å². The van der Waals surface area contributed by atoms with Crippen LogP contribution in [0.15, 0.2) is 42.7 Å². The Bertz CT molecular complexity index is 833. The number of hydrogen-bond donors (Lipinski definition) is 3. The van der Waals surface area contributed by atoms with Crippen molar-refractivity contribution in [3.8, 4) is 5.69 Å². The second kappa shape index (κ2) is 7.31. The van der Waals surface area contributed by atoms with Gasteiger partial charge in [0.1, 0.15) is 0 Å². The minimum Gasteiger partial charge on any atom is -0.322 e. The number of carbonyl (C=O) groups is 1. The molecule has 1 atom stereocenters. The first kappa shape index (κ1) is 16.9. The van der Waals surface area contributed by atoms with Crippen LogP contribution >= 0.6 is 0 Å². The van der Waals surface area contributed by atoms with E-state index in [0.717, 1.165) is 28.3 Å². The molecule has 0 saturated carbocycles. The summed E-state index contributed by atoms with van der Waals surface area (Å²) in [5, 5.41) is 17.4. The van der Waals surface area contributed by atoms with Gasteiger partial charge in [0.15, 0.2) is 0 Å². The van der Waals surface area contributed by atoms with Crippen LogP contribution in [0.5, 0.6) is 0 Å². The maximum atomic E-state index is 12.2. The van der Waals surface area contributed by atoms with Crippen LogP contribution in [0.4, 0.5) is 5.69 Å². The molecule has 1 amide bonds. The van der Waals surface area contributed by atoms with Crippen LogP contribution in [0.25, 0.3) is 5.69 Å². The normalized spacial score (nSPS) is 12.1. The lowest BCUT2D eigenvalue weighted by Crippen LogP contribution is -2.30. The van der Waals surface area contributed by atoms with Crippen molar-refractivity contribution >= 4 is 11.6 Å². The molecule has 0 saturated heterocycles. The van der Waals surface area contributed by atoms with E-state index in [4.69, 9.17) is 0 Å². The van der Waals surface area contributed by atoms with Crippen LogP contribution in [0.3, 0.4) is 0 Å². The maximum absolute atomic E-state index is 12.2. The highest BCUT2D eigenvalue weighted by Gasteiger charge is 2.14. The molecule has 3 aromatic rings. The number of aromatic amines is 1. The van der Waals surface area contributed by atoms with E-state index < -0.39 is 0 Å². The number of aromatic nitrogens is 4. The summed E-state index contributed by atoms with van der Waals surface area (Å²) in [6, 6.07) is 9.90. The quantitative estimate of drug-likeness (QED) is 0.644. The lowest BCUT2D eigenvalue weighted by atomic mass is 10.1. The molecule has 7 nitrogen and oxygen atoms in total. The Morgan fingerprint density at radius 1 is 1.28 bits per heavy atom. The molecule has 0 aliphatic rings. The smallest absolute Gasteiger partial charge is 0.238 e. The first-order valence-electron chi connectivity index (χ1n) is 8.20. The van der Waals surface area contributed by atoms with Gasteiger partial charge in [0.05, 0.1) is 29.3 Å². The number of carbonyl (C=O) groups excluding carboxylic acids is 1. The number of nitrogens with zero attached hydrogens (tertiary/aromatic N) is 3. The highest BCUT2D eigenvalue weighted by Crippen LogP contribution is 2.21. The van der Waals surface area contributed by atoms with Gasteiger partial charge >= 0.3 is 0 Å². The molecule has 0 fully saturated rings. The minimum atomic E-state index is -0.101. The van der Waals surface area contributed by atoms with E-state index in [1.807, 2.05) is 62.0 Å². The third kappa shape index (κ3) is 3.77. The molecule has 0 bridgehead atoms. The maximum Gasteiger partial charge on any atom is 0.238 e. The summed E-state index contributed by atoms with van der Waals surface area (Å²) in [6.07, 6.45) is 3.65. The molecule has 0 spiro atoms. The molecule has 0 aliphatic heterocycles. The molecule has 0 unspecified atom stereocenters. The molecular weight excluding hydrogens is 316 g/mol. The van der Waals surface area contributed by atoms with Crippen molar-refractivity contribution in [2.45, 2.75) is 26.8 Å². The number of nitrogens with one attached hydrogen (secondary N) is 3. The number of rotatable bonds is 6. The van der Waals surface area contributed by atoms with Crippen molar-refractivity contribution in [1.82, 2.24) is 25.3 Å². The Labute approximate surface area is 146 Å². The fourth-order valence-corrected chi connectivity index (χ4v) is 2.75. The van der Waals surface area contributed by atoms with Crippen LogP contribution in [0, 0.1) is 13.8 Å². The van der Waals surface area contributed by atoms with Crippen LogP contribution in [0.2, 0.25) is 0 Å². The first-order chi connectivity index (χ1) is 12.1. The zero-order valence-corrected chi connectivity index (χ0v) is 14.6. The average molecular weight is 338 g/mol. The van der Waals surface area contributed by atoms with Gasteiger partial charge in [0, 0.05) is 18.4 Å². The molecule has 25 heavy (non-hydrogen) atoms. The van der Waals surface area contributed by atoms with Crippen LogP contribution < -0.4 is 10.6 Å². The number of benzene rings is 1. The van der Waals surface area contributed by atoms with Crippen LogP contribution in [-0.4, -0.2) is 32.4 Å². The fraction of sp³-hybridized carbons (Fsp3) is 0.278. The van der Waals surface area contributed by atoms with Gasteiger partial charge in [0.2, 0.25) is 5.91 Å². The lowest BCUT2D eigenvalue weighted by molar-refractivity contribution is -0.115. The summed E-state index contributed by atoms with van der Waals surface area (Å²) in [4.78, 5) is 12.2. The van der Waals surface area contributed by atoms with Crippen molar-refractivity contribution in [3.05, 3.63) is 59.7 Å². The van der Waals surface area contributed by atoms with Gasteiger partial charge in [-0.15, -0.1) is 0 Å². The molecule has 2 aromatic heterocycles. The van der Waals surface area contributed by atoms with Crippen LogP contribution in [0.1, 0.15) is 29.9 Å². The lowest BCUT2D eigenvalue weighted by Gasteiger charge is -2.18. The minimum absolute atomic E-state index is 0.00214. The van der Waals surface area contributed by atoms with Gasteiger partial charge in [-0.3, -0.25) is 9.89 Å². The molecule has 0 radical (unpaired) electrons. The van der Waals surface area contributed by atoms with Gasteiger partial charge < -0.3 is 10.6 Å². The number of aryl methyl sites for hydroxylation is 2. The highest BCUT2D eigenvalue weighted by molar-refractivity contribution is 5.93. The predicted octanol–water partition coefficient (Wildman–Crippen LogP) is 2.50. The molecule has 3 N–H and O–H groups in total.